The van der Waals surface area contributed by atoms with Crippen molar-refractivity contribution in [2.45, 2.75) is 18.9 Å². The third-order valence-corrected chi connectivity index (χ3v) is 4.32. The number of hydrogen-bond donors (Lipinski definition) is 1. The Hall–Kier alpha value is -0.130. The van der Waals surface area contributed by atoms with Crippen LogP contribution >= 0.6 is 0 Å². The topological polar surface area (TPSA) is 57.6 Å². The number of rotatable bonds is 3. The molecule has 1 fully saturated rings. The van der Waals surface area contributed by atoms with E-state index in [0.717, 1.165) is 12.8 Å². The SMILES string of the molecule is CN(CCO)C1CCCS(=O)(=O)C1. The van der Waals surface area contributed by atoms with Gasteiger partial charge in [-0.15, -0.1) is 0 Å². The summed E-state index contributed by atoms with van der Waals surface area (Å²) in [5.41, 5.74) is 0. The van der Waals surface area contributed by atoms with Gasteiger partial charge in [0.05, 0.1) is 18.1 Å². The van der Waals surface area contributed by atoms with E-state index in [1.165, 1.54) is 0 Å². The summed E-state index contributed by atoms with van der Waals surface area (Å²) in [5, 5.41) is 8.71. The molecule has 4 nitrogen and oxygen atoms in total. The Balaban J connectivity index is 2.51. The van der Waals surface area contributed by atoms with Crippen molar-refractivity contribution < 1.29 is 13.5 Å². The summed E-state index contributed by atoms with van der Waals surface area (Å²) >= 11 is 0. The first-order valence-electron chi connectivity index (χ1n) is 4.57. The van der Waals surface area contributed by atoms with Crippen LogP contribution in [-0.4, -0.2) is 56.2 Å². The van der Waals surface area contributed by atoms with Crippen LogP contribution in [0.1, 0.15) is 12.8 Å². The molecule has 0 spiro atoms. The van der Waals surface area contributed by atoms with E-state index in [1.54, 1.807) is 0 Å². The van der Waals surface area contributed by atoms with Gasteiger partial charge >= 0.3 is 0 Å². The lowest BCUT2D eigenvalue weighted by atomic mass is 10.1. The van der Waals surface area contributed by atoms with Crippen LogP contribution in [0.4, 0.5) is 0 Å². The van der Waals surface area contributed by atoms with Gasteiger partial charge in [-0.1, -0.05) is 0 Å². The average molecular weight is 207 g/mol. The second-order valence-corrected chi connectivity index (χ2v) is 5.84. The lowest BCUT2D eigenvalue weighted by molar-refractivity contribution is 0.181. The van der Waals surface area contributed by atoms with E-state index in [2.05, 4.69) is 0 Å². The molecule has 1 aliphatic rings. The largest absolute Gasteiger partial charge is 0.395 e. The van der Waals surface area contributed by atoms with Crippen LogP contribution in [0.15, 0.2) is 0 Å². The number of hydrogen-bond acceptors (Lipinski definition) is 4. The molecule has 0 aliphatic carbocycles. The van der Waals surface area contributed by atoms with Crippen molar-refractivity contribution in [3.05, 3.63) is 0 Å². The lowest BCUT2D eigenvalue weighted by Gasteiger charge is -2.30. The van der Waals surface area contributed by atoms with E-state index in [-0.39, 0.29) is 18.4 Å². The number of likely N-dealkylation sites (N-methyl/N-ethyl adjacent to an activating group) is 1. The standard InChI is InChI=1S/C8H17NO3S/c1-9(4-5-10)8-3-2-6-13(11,12)7-8/h8,10H,2-7H2,1H3. The Labute approximate surface area is 79.5 Å². The van der Waals surface area contributed by atoms with Gasteiger partial charge in [-0.05, 0) is 19.9 Å². The van der Waals surface area contributed by atoms with Gasteiger partial charge in [0, 0.05) is 12.6 Å². The molecule has 1 aliphatic heterocycles. The van der Waals surface area contributed by atoms with Crippen molar-refractivity contribution in [3.63, 3.8) is 0 Å². The molecule has 0 aromatic heterocycles. The predicted octanol–water partition coefficient (Wildman–Crippen LogP) is -0.512. The minimum atomic E-state index is -2.82. The molecular formula is C8H17NO3S. The maximum atomic E-state index is 11.3. The first-order chi connectivity index (χ1) is 6.05. The molecule has 5 heteroatoms. The molecule has 1 rings (SSSR count). The summed E-state index contributed by atoms with van der Waals surface area (Å²) in [5.74, 6) is 0.583. The molecule has 1 heterocycles. The molecule has 0 radical (unpaired) electrons. The Kier molecular flexibility index (Phi) is 3.70. The summed E-state index contributed by atoms with van der Waals surface area (Å²) in [4.78, 5) is 1.93. The minimum absolute atomic E-state index is 0.0903. The quantitative estimate of drug-likeness (QED) is 0.677. The van der Waals surface area contributed by atoms with Crippen LogP contribution in [0.5, 0.6) is 0 Å². The molecule has 0 aromatic rings. The fraction of sp³-hybridized carbons (Fsp3) is 1.00. The molecule has 1 unspecified atom stereocenters. The van der Waals surface area contributed by atoms with Gasteiger partial charge in [-0.3, -0.25) is 0 Å². The lowest BCUT2D eigenvalue weighted by Crippen LogP contribution is -2.42. The second-order valence-electron chi connectivity index (χ2n) is 3.61. The van der Waals surface area contributed by atoms with Crippen molar-refractivity contribution in [1.29, 1.82) is 0 Å². The van der Waals surface area contributed by atoms with E-state index in [1.807, 2.05) is 11.9 Å². The van der Waals surface area contributed by atoms with Crippen LogP contribution in [0.25, 0.3) is 0 Å². The molecular weight excluding hydrogens is 190 g/mol. The highest BCUT2D eigenvalue weighted by Gasteiger charge is 2.26. The zero-order valence-corrected chi connectivity index (χ0v) is 8.76. The van der Waals surface area contributed by atoms with Crippen LogP contribution in [0, 0.1) is 0 Å². The van der Waals surface area contributed by atoms with Gasteiger partial charge in [0.15, 0.2) is 9.84 Å². The van der Waals surface area contributed by atoms with Gasteiger partial charge in [0.1, 0.15) is 0 Å². The maximum absolute atomic E-state index is 11.3. The minimum Gasteiger partial charge on any atom is -0.395 e. The van der Waals surface area contributed by atoms with E-state index < -0.39 is 9.84 Å². The highest BCUT2D eigenvalue weighted by atomic mass is 32.2. The number of nitrogens with zero attached hydrogens (tertiary/aromatic N) is 1. The molecule has 13 heavy (non-hydrogen) atoms. The van der Waals surface area contributed by atoms with Crippen LogP contribution in [0.3, 0.4) is 0 Å². The Morgan fingerprint density at radius 2 is 2.23 bits per heavy atom. The Morgan fingerprint density at radius 3 is 2.77 bits per heavy atom. The normalized spacial score (nSPS) is 27.8. The Bertz CT molecular complexity index is 250. The summed E-state index contributed by atoms with van der Waals surface area (Å²) in [6.07, 6.45) is 1.68. The van der Waals surface area contributed by atoms with Crippen molar-refractivity contribution in [2.75, 3.05) is 31.7 Å². The zero-order chi connectivity index (χ0) is 9.90. The molecule has 78 valence electrons. The fourth-order valence-electron chi connectivity index (χ4n) is 1.69. The third kappa shape index (κ3) is 3.25. The zero-order valence-electron chi connectivity index (χ0n) is 7.94. The molecule has 0 aromatic carbocycles. The monoisotopic (exact) mass is 207 g/mol. The van der Waals surface area contributed by atoms with Gasteiger partial charge in [0.25, 0.3) is 0 Å². The third-order valence-electron chi connectivity index (χ3n) is 2.52. The second kappa shape index (κ2) is 4.39. The van der Waals surface area contributed by atoms with Gasteiger partial charge in [0.2, 0.25) is 0 Å². The van der Waals surface area contributed by atoms with Crippen molar-refractivity contribution in [3.8, 4) is 0 Å². The van der Waals surface area contributed by atoms with Crippen molar-refractivity contribution >= 4 is 9.84 Å². The number of aliphatic hydroxyl groups is 1. The van der Waals surface area contributed by atoms with Gasteiger partial charge in [-0.25, -0.2) is 8.42 Å². The van der Waals surface area contributed by atoms with Gasteiger partial charge < -0.3 is 10.0 Å². The highest BCUT2D eigenvalue weighted by molar-refractivity contribution is 7.91. The number of aliphatic hydroxyl groups excluding tert-OH is 1. The molecule has 1 atom stereocenters. The van der Waals surface area contributed by atoms with Crippen molar-refractivity contribution in [2.24, 2.45) is 0 Å². The molecule has 0 amide bonds. The summed E-state index contributed by atoms with van der Waals surface area (Å²) in [6, 6.07) is 0.103. The predicted molar refractivity (Wildman–Crippen MR) is 51.4 cm³/mol. The Morgan fingerprint density at radius 1 is 1.54 bits per heavy atom. The van der Waals surface area contributed by atoms with Crippen LogP contribution in [0.2, 0.25) is 0 Å². The smallest absolute Gasteiger partial charge is 0.151 e. The summed E-state index contributed by atoms with van der Waals surface area (Å²) in [7, 11) is -0.956. The van der Waals surface area contributed by atoms with Crippen LogP contribution in [-0.2, 0) is 9.84 Å². The highest BCUT2D eigenvalue weighted by Crippen LogP contribution is 2.15. The summed E-state index contributed by atoms with van der Waals surface area (Å²) < 4.78 is 22.6. The first-order valence-corrected chi connectivity index (χ1v) is 6.39. The van der Waals surface area contributed by atoms with Crippen molar-refractivity contribution in [1.82, 2.24) is 4.90 Å². The van der Waals surface area contributed by atoms with E-state index in [4.69, 9.17) is 5.11 Å². The van der Waals surface area contributed by atoms with E-state index in [0.29, 0.717) is 12.3 Å². The van der Waals surface area contributed by atoms with Crippen LogP contribution < -0.4 is 0 Å². The van der Waals surface area contributed by atoms with E-state index >= 15 is 0 Å². The van der Waals surface area contributed by atoms with Gasteiger partial charge in [-0.2, -0.15) is 0 Å². The molecule has 1 saturated heterocycles. The first kappa shape index (κ1) is 10.9. The summed E-state index contributed by atoms with van der Waals surface area (Å²) in [6.45, 7) is 0.646. The van der Waals surface area contributed by atoms with E-state index in [9.17, 15) is 8.42 Å². The number of sulfone groups is 1. The molecule has 0 bridgehead atoms. The molecule has 0 saturated carbocycles. The average Bonchev–Trinajstić information content (AvgIpc) is 2.03. The fourth-order valence-corrected chi connectivity index (χ4v) is 3.47. The molecule has 1 N–H and O–H groups in total. The maximum Gasteiger partial charge on any atom is 0.151 e.